The summed E-state index contributed by atoms with van der Waals surface area (Å²) in [7, 11) is -2.72. The van der Waals surface area contributed by atoms with Gasteiger partial charge in [0.1, 0.15) is 16.4 Å². The molecular weight excluding hydrogens is 607 g/mol. The van der Waals surface area contributed by atoms with E-state index in [0.29, 0.717) is 24.2 Å². The first-order chi connectivity index (χ1) is 20.1. The van der Waals surface area contributed by atoms with Gasteiger partial charge in [-0.1, -0.05) is 24.3 Å². The lowest BCUT2D eigenvalue weighted by molar-refractivity contribution is -0.186. The van der Waals surface area contributed by atoms with Gasteiger partial charge in [-0.25, -0.2) is 18.2 Å². The summed E-state index contributed by atoms with van der Waals surface area (Å²) in [5.41, 5.74) is 1.80. The molecule has 1 amide bonds. The van der Waals surface area contributed by atoms with Crippen LogP contribution in [0.4, 0.5) is 18.2 Å². The number of carbonyl (C=O) groups is 2. The first-order valence-electron chi connectivity index (χ1n) is 13.4. The molecule has 0 bridgehead atoms. The normalized spacial score (nSPS) is 14.8. The lowest BCUT2D eigenvalue weighted by Gasteiger charge is -2.32. The van der Waals surface area contributed by atoms with Gasteiger partial charge in [-0.15, -0.1) is 11.3 Å². The lowest BCUT2D eigenvalue weighted by Crippen LogP contribution is -2.45. The van der Waals surface area contributed by atoms with E-state index in [4.69, 9.17) is 9.47 Å². The zero-order valence-corrected chi connectivity index (χ0v) is 25.7. The number of esters is 1. The maximum Gasteiger partial charge on any atom is 0.471 e. The minimum absolute atomic E-state index is 0.0435. The summed E-state index contributed by atoms with van der Waals surface area (Å²) >= 11 is 0.988. The Labute approximate surface area is 252 Å². The van der Waals surface area contributed by atoms with Crippen LogP contribution in [0.25, 0.3) is 0 Å². The number of hydrogen-bond donors (Lipinski definition) is 0. The van der Waals surface area contributed by atoms with E-state index in [-0.39, 0.29) is 41.1 Å². The predicted octanol–water partition coefficient (Wildman–Crippen LogP) is 5.77. The molecule has 0 atom stereocenters. The molecule has 4 rings (SSSR count). The number of nitrogens with zero attached hydrogens (tertiary/aromatic N) is 3. The van der Waals surface area contributed by atoms with Crippen molar-refractivity contribution < 1.29 is 40.7 Å². The zero-order valence-electron chi connectivity index (χ0n) is 24.1. The van der Waals surface area contributed by atoms with E-state index in [1.807, 2.05) is 0 Å². The fourth-order valence-electron chi connectivity index (χ4n) is 4.68. The minimum Gasteiger partial charge on any atom is -0.497 e. The Morgan fingerprint density at radius 1 is 1.02 bits per heavy atom. The molecule has 0 aliphatic carbocycles. The third kappa shape index (κ3) is 7.66. The van der Waals surface area contributed by atoms with Crippen molar-refractivity contribution in [2.75, 3.05) is 24.5 Å². The van der Waals surface area contributed by atoms with Gasteiger partial charge in [0.15, 0.2) is 5.69 Å². The number of methoxy groups -OCH3 is 1. The van der Waals surface area contributed by atoms with E-state index in [0.717, 1.165) is 26.1 Å². The Morgan fingerprint density at radius 3 is 2.16 bits per heavy atom. The fourth-order valence-corrected chi connectivity index (χ4v) is 7.15. The van der Waals surface area contributed by atoms with Crippen molar-refractivity contribution in [3.8, 4) is 5.75 Å². The number of thiazole rings is 1. The van der Waals surface area contributed by atoms with E-state index in [1.54, 1.807) is 57.2 Å². The van der Waals surface area contributed by atoms with Crippen LogP contribution in [0, 0.1) is 0 Å². The maximum atomic E-state index is 14.1. The van der Waals surface area contributed by atoms with Crippen molar-refractivity contribution in [3.05, 3.63) is 70.9 Å². The first kappa shape index (κ1) is 32.3. The van der Waals surface area contributed by atoms with Crippen molar-refractivity contribution >= 4 is 38.2 Å². The van der Waals surface area contributed by atoms with Crippen LogP contribution < -0.4 is 9.04 Å². The number of alkyl halides is 3. The summed E-state index contributed by atoms with van der Waals surface area (Å²) < 4.78 is 78.4. The minimum atomic E-state index is -4.91. The van der Waals surface area contributed by atoms with Gasteiger partial charge in [0, 0.05) is 13.1 Å². The van der Waals surface area contributed by atoms with Crippen molar-refractivity contribution in [1.29, 1.82) is 0 Å². The van der Waals surface area contributed by atoms with Crippen LogP contribution in [-0.4, -0.2) is 62.2 Å². The molecule has 2 aromatic carbocycles. The van der Waals surface area contributed by atoms with Gasteiger partial charge in [0.2, 0.25) is 0 Å². The van der Waals surface area contributed by atoms with Crippen molar-refractivity contribution in [2.24, 2.45) is 0 Å². The summed E-state index contributed by atoms with van der Waals surface area (Å²) in [4.78, 5) is 29.4. The van der Waals surface area contributed by atoms with Crippen LogP contribution in [0.3, 0.4) is 0 Å². The molecule has 1 saturated heterocycles. The molecule has 14 heteroatoms. The Kier molecular flexibility index (Phi) is 9.40. The van der Waals surface area contributed by atoms with Crippen LogP contribution in [0.15, 0.2) is 58.9 Å². The van der Waals surface area contributed by atoms with Gasteiger partial charge >= 0.3 is 18.1 Å². The molecule has 1 aliphatic heterocycles. The van der Waals surface area contributed by atoms with Gasteiger partial charge in [-0.05, 0) is 74.9 Å². The Balaban J connectivity index is 1.62. The smallest absolute Gasteiger partial charge is 0.471 e. The molecule has 1 aliphatic rings. The molecule has 0 spiro atoms. The maximum absolute atomic E-state index is 14.1. The Hall–Kier alpha value is -3.65. The molecule has 43 heavy (non-hydrogen) atoms. The summed E-state index contributed by atoms with van der Waals surface area (Å²) in [5, 5.41) is 0.0934. The number of piperidine rings is 1. The average Bonchev–Trinajstić information content (AvgIpc) is 3.44. The second-order valence-electron chi connectivity index (χ2n) is 11.0. The number of anilines is 1. The van der Waals surface area contributed by atoms with E-state index >= 15 is 0 Å². The fraction of sp³-hybridized carbons (Fsp3) is 0.414. The summed E-state index contributed by atoms with van der Waals surface area (Å²) in [6.45, 7) is 4.89. The highest BCUT2D eigenvalue weighted by Crippen LogP contribution is 2.35. The topological polar surface area (TPSA) is 106 Å². The number of amides is 1. The number of rotatable bonds is 8. The molecule has 9 nitrogen and oxygen atoms in total. The van der Waals surface area contributed by atoms with Crippen LogP contribution in [-0.2, 0) is 26.1 Å². The number of sulfonamides is 1. The average molecular weight is 640 g/mol. The van der Waals surface area contributed by atoms with Gasteiger partial charge < -0.3 is 14.4 Å². The van der Waals surface area contributed by atoms with Gasteiger partial charge in [-0.2, -0.15) is 13.2 Å². The molecule has 1 fully saturated rings. The molecule has 1 aromatic heterocycles. The lowest BCUT2D eigenvalue weighted by atomic mass is 9.89. The third-order valence-corrected chi connectivity index (χ3v) is 9.54. The highest BCUT2D eigenvalue weighted by Gasteiger charge is 2.43. The van der Waals surface area contributed by atoms with Crippen LogP contribution >= 0.6 is 11.3 Å². The summed E-state index contributed by atoms with van der Waals surface area (Å²) in [6.07, 6.45) is -4.28. The van der Waals surface area contributed by atoms with Crippen LogP contribution in [0.2, 0.25) is 0 Å². The SMILES string of the molecule is COc1ccc(CN(c2scnc2C(=O)OC(C)(C)C)S(=O)(=O)c2ccc(C3CCN(C(=O)C(F)(F)F)CC3)cc2)cc1. The van der Waals surface area contributed by atoms with Gasteiger partial charge in [-0.3, -0.25) is 9.10 Å². The highest BCUT2D eigenvalue weighted by atomic mass is 32.2. The largest absolute Gasteiger partial charge is 0.497 e. The molecule has 232 valence electrons. The molecule has 3 aromatic rings. The molecule has 0 N–H and O–H groups in total. The quantitative estimate of drug-likeness (QED) is 0.288. The van der Waals surface area contributed by atoms with Crippen molar-refractivity contribution in [1.82, 2.24) is 9.88 Å². The highest BCUT2D eigenvalue weighted by molar-refractivity contribution is 7.93. The van der Waals surface area contributed by atoms with E-state index < -0.39 is 33.7 Å². The number of hydrogen-bond acceptors (Lipinski definition) is 8. The van der Waals surface area contributed by atoms with Crippen LogP contribution in [0.1, 0.15) is 61.1 Å². The van der Waals surface area contributed by atoms with Crippen molar-refractivity contribution in [2.45, 2.75) is 62.7 Å². The third-order valence-electron chi connectivity index (χ3n) is 6.82. The molecule has 0 radical (unpaired) electrons. The second-order valence-corrected chi connectivity index (χ2v) is 13.7. The Bertz CT molecular complexity index is 1540. The second kappa shape index (κ2) is 12.5. The predicted molar refractivity (Wildman–Crippen MR) is 155 cm³/mol. The number of ether oxygens (including phenoxy) is 2. The first-order valence-corrected chi connectivity index (χ1v) is 15.7. The molecule has 0 saturated carbocycles. The number of likely N-dealkylation sites (tertiary alicyclic amines) is 1. The zero-order chi connectivity index (χ0) is 31.6. The molecular formula is C29H32F3N3O6S2. The van der Waals surface area contributed by atoms with E-state index in [9.17, 15) is 31.2 Å². The van der Waals surface area contributed by atoms with Gasteiger partial charge in [0.05, 0.1) is 24.1 Å². The number of aromatic nitrogens is 1. The monoisotopic (exact) mass is 639 g/mol. The van der Waals surface area contributed by atoms with Gasteiger partial charge in [0.25, 0.3) is 10.0 Å². The van der Waals surface area contributed by atoms with Crippen molar-refractivity contribution in [3.63, 3.8) is 0 Å². The number of carbonyl (C=O) groups excluding carboxylic acids is 2. The Morgan fingerprint density at radius 2 is 1.63 bits per heavy atom. The van der Waals surface area contributed by atoms with E-state index in [2.05, 4.69) is 4.98 Å². The molecule has 2 heterocycles. The standard InChI is InChI=1S/C29H32F3N3O6S2/c1-28(2,3)41-26(36)24-25(42-18-33-24)35(17-19-5-9-22(40-4)10-6-19)43(38,39)23-11-7-20(8-12-23)21-13-15-34(16-14-21)27(37)29(30,31)32/h5-12,18,21H,13-17H2,1-4H3. The number of halogens is 3. The van der Waals surface area contributed by atoms with E-state index in [1.165, 1.54) is 24.8 Å². The van der Waals surface area contributed by atoms with Crippen LogP contribution in [0.5, 0.6) is 5.75 Å². The summed E-state index contributed by atoms with van der Waals surface area (Å²) in [5.74, 6) is -2.15. The summed E-state index contributed by atoms with van der Waals surface area (Å²) in [6, 6.07) is 13.0. The number of benzene rings is 2. The molecule has 0 unspecified atom stereocenters.